The van der Waals surface area contributed by atoms with Crippen molar-refractivity contribution in [1.29, 1.82) is 0 Å². The number of thiazole rings is 1. The Labute approximate surface area is 176 Å². The molecular formula is C18H18N4O4S3. The highest BCUT2D eigenvalue weighted by Gasteiger charge is 2.20. The number of rotatable bonds is 5. The van der Waals surface area contributed by atoms with E-state index in [0.717, 1.165) is 14.9 Å². The molecule has 8 nitrogen and oxygen atoms in total. The minimum Gasteiger partial charge on any atom is -0.267 e. The first kappa shape index (κ1) is 21.1. The maximum Gasteiger partial charge on any atom is 0.281 e. The number of thiophene rings is 1. The van der Waals surface area contributed by atoms with Crippen LogP contribution in [0.2, 0.25) is 0 Å². The lowest BCUT2D eigenvalue weighted by atomic mass is 10.2. The van der Waals surface area contributed by atoms with Crippen molar-refractivity contribution in [2.45, 2.75) is 11.8 Å². The van der Waals surface area contributed by atoms with E-state index >= 15 is 0 Å². The van der Waals surface area contributed by atoms with E-state index in [0.29, 0.717) is 10.6 Å². The summed E-state index contributed by atoms with van der Waals surface area (Å²) in [5, 5.41) is 4.59. The van der Waals surface area contributed by atoms with Crippen molar-refractivity contribution in [3.63, 3.8) is 0 Å². The normalized spacial score (nSPS) is 11.4. The molecule has 0 aliphatic carbocycles. The fourth-order valence-electron chi connectivity index (χ4n) is 2.37. The number of aryl methyl sites for hydroxylation is 1. The molecular weight excluding hydrogens is 432 g/mol. The van der Waals surface area contributed by atoms with E-state index in [2.05, 4.69) is 15.8 Å². The fourth-order valence-corrected chi connectivity index (χ4v) is 4.99. The van der Waals surface area contributed by atoms with Gasteiger partial charge in [-0.25, -0.2) is 17.7 Å². The Morgan fingerprint density at radius 1 is 1.10 bits per heavy atom. The largest absolute Gasteiger partial charge is 0.281 e. The van der Waals surface area contributed by atoms with Crippen LogP contribution in [-0.4, -0.2) is 43.6 Å². The van der Waals surface area contributed by atoms with Crippen molar-refractivity contribution >= 4 is 44.5 Å². The number of hydrogen-bond donors (Lipinski definition) is 2. The van der Waals surface area contributed by atoms with Crippen LogP contribution in [0.25, 0.3) is 10.6 Å². The highest BCUT2D eigenvalue weighted by molar-refractivity contribution is 7.89. The lowest BCUT2D eigenvalue weighted by molar-refractivity contribution is 0.0848. The predicted molar refractivity (Wildman–Crippen MR) is 112 cm³/mol. The zero-order chi connectivity index (χ0) is 21.2. The van der Waals surface area contributed by atoms with Crippen LogP contribution in [-0.2, 0) is 10.0 Å². The third kappa shape index (κ3) is 4.53. The molecule has 0 spiro atoms. The van der Waals surface area contributed by atoms with Crippen LogP contribution in [0.15, 0.2) is 46.0 Å². The van der Waals surface area contributed by atoms with Gasteiger partial charge in [0.25, 0.3) is 11.8 Å². The van der Waals surface area contributed by atoms with Gasteiger partial charge in [0.1, 0.15) is 9.88 Å². The molecule has 1 aromatic carbocycles. The summed E-state index contributed by atoms with van der Waals surface area (Å²) in [6.07, 6.45) is 0. The maximum absolute atomic E-state index is 12.4. The maximum atomic E-state index is 12.4. The standard InChI is InChI=1S/C18H18N4O4S3/c1-11-15(28-18(19-11)13-7-8-27-10-13)17(24)21-20-16(23)12-5-4-6-14(9-12)29(25,26)22(2)3/h4-10H,1-3H3,(H,20,23)(H,21,24). The van der Waals surface area contributed by atoms with Gasteiger partial charge in [0.2, 0.25) is 10.0 Å². The Kier molecular flexibility index (Phi) is 6.13. The monoisotopic (exact) mass is 450 g/mol. The number of hydrogen-bond acceptors (Lipinski definition) is 7. The predicted octanol–water partition coefficient (Wildman–Crippen LogP) is 2.51. The van der Waals surface area contributed by atoms with Gasteiger partial charge in [0.05, 0.1) is 10.6 Å². The molecule has 0 unspecified atom stereocenters. The molecule has 0 aliphatic heterocycles. The Balaban J connectivity index is 1.71. The first-order valence-electron chi connectivity index (χ1n) is 8.33. The van der Waals surface area contributed by atoms with Gasteiger partial charge < -0.3 is 0 Å². The van der Waals surface area contributed by atoms with E-state index in [4.69, 9.17) is 0 Å². The summed E-state index contributed by atoms with van der Waals surface area (Å²) in [6.45, 7) is 1.72. The SMILES string of the molecule is Cc1nc(-c2ccsc2)sc1C(=O)NNC(=O)c1cccc(S(=O)(=O)N(C)C)c1. The quantitative estimate of drug-likeness (QED) is 0.581. The molecule has 0 bridgehead atoms. The summed E-state index contributed by atoms with van der Waals surface area (Å²) in [7, 11) is -0.858. The summed E-state index contributed by atoms with van der Waals surface area (Å²) in [5.74, 6) is -1.12. The van der Waals surface area contributed by atoms with Crippen molar-refractivity contribution in [2.75, 3.05) is 14.1 Å². The molecule has 0 atom stereocenters. The van der Waals surface area contributed by atoms with E-state index in [9.17, 15) is 18.0 Å². The Bertz CT molecular complexity index is 1150. The molecule has 11 heteroatoms. The molecule has 3 rings (SSSR count). The van der Waals surface area contributed by atoms with Gasteiger partial charge in [-0.3, -0.25) is 20.4 Å². The fraction of sp³-hybridized carbons (Fsp3) is 0.167. The van der Waals surface area contributed by atoms with Crippen molar-refractivity contribution in [1.82, 2.24) is 20.1 Å². The topological polar surface area (TPSA) is 108 Å². The Hall–Kier alpha value is -2.60. The number of carbonyl (C=O) groups excluding carboxylic acids is 2. The molecule has 0 radical (unpaired) electrons. The average Bonchev–Trinajstić information content (AvgIpc) is 3.35. The van der Waals surface area contributed by atoms with Gasteiger partial charge >= 0.3 is 0 Å². The number of hydrazine groups is 1. The zero-order valence-corrected chi connectivity index (χ0v) is 18.2. The van der Waals surface area contributed by atoms with Crippen LogP contribution in [0.5, 0.6) is 0 Å². The number of sulfonamides is 1. The van der Waals surface area contributed by atoms with Crippen molar-refractivity contribution in [3.05, 3.63) is 57.2 Å². The molecule has 2 heterocycles. The van der Waals surface area contributed by atoms with Crippen LogP contribution in [0, 0.1) is 6.92 Å². The lowest BCUT2D eigenvalue weighted by Gasteiger charge is -2.12. The van der Waals surface area contributed by atoms with E-state index < -0.39 is 21.8 Å². The van der Waals surface area contributed by atoms with Crippen molar-refractivity contribution in [3.8, 4) is 10.6 Å². The highest BCUT2D eigenvalue weighted by atomic mass is 32.2. The number of amides is 2. The number of aromatic nitrogens is 1. The second-order valence-corrected chi connectivity index (χ2v) is 10.1. The molecule has 29 heavy (non-hydrogen) atoms. The molecule has 0 saturated heterocycles. The first-order valence-corrected chi connectivity index (χ1v) is 11.5. The number of carbonyl (C=O) groups is 2. The van der Waals surface area contributed by atoms with Gasteiger partial charge in [-0.15, -0.1) is 11.3 Å². The summed E-state index contributed by atoms with van der Waals surface area (Å²) in [4.78, 5) is 29.6. The van der Waals surface area contributed by atoms with E-state index in [1.807, 2.05) is 16.8 Å². The Morgan fingerprint density at radius 2 is 1.83 bits per heavy atom. The smallest absolute Gasteiger partial charge is 0.267 e. The van der Waals surface area contributed by atoms with Crippen LogP contribution in [0.4, 0.5) is 0 Å². The van der Waals surface area contributed by atoms with Gasteiger partial charge in [-0.2, -0.15) is 11.3 Å². The van der Waals surface area contributed by atoms with E-state index in [1.165, 1.54) is 61.0 Å². The number of nitrogens with one attached hydrogen (secondary N) is 2. The van der Waals surface area contributed by atoms with Crippen molar-refractivity contribution in [2.24, 2.45) is 0 Å². The van der Waals surface area contributed by atoms with Gasteiger partial charge in [0.15, 0.2) is 0 Å². The molecule has 2 aromatic heterocycles. The molecule has 0 saturated carbocycles. The minimum absolute atomic E-state index is 0.0137. The zero-order valence-electron chi connectivity index (χ0n) is 15.8. The summed E-state index contributed by atoms with van der Waals surface area (Å²) >= 11 is 2.77. The van der Waals surface area contributed by atoms with Crippen LogP contribution in [0.1, 0.15) is 25.7 Å². The molecule has 0 fully saturated rings. The molecule has 152 valence electrons. The van der Waals surface area contributed by atoms with Crippen LogP contribution < -0.4 is 10.9 Å². The van der Waals surface area contributed by atoms with E-state index in [-0.39, 0.29) is 10.5 Å². The number of benzene rings is 1. The second kappa shape index (κ2) is 8.41. The molecule has 0 aliphatic rings. The van der Waals surface area contributed by atoms with Crippen LogP contribution >= 0.6 is 22.7 Å². The summed E-state index contributed by atoms with van der Waals surface area (Å²) in [6, 6.07) is 7.50. The van der Waals surface area contributed by atoms with E-state index in [1.54, 1.807) is 6.92 Å². The van der Waals surface area contributed by atoms with Gasteiger partial charge in [0, 0.05) is 30.6 Å². The van der Waals surface area contributed by atoms with Gasteiger partial charge in [-0.1, -0.05) is 6.07 Å². The lowest BCUT2D eigenvalue weighted by Crippen LogP contribution is -2.41. The Morgan fingerprint density at radius 3 is 2.48 bits per heavy atom. The minimum atomic E-state index is -3.67. The molecule has 2 amide bonds. The molecule has 2 N–H and O–H groups in total. The summed E-state index contributed by atoms with van der Waals surface area (Å²) in [5.41, 5.74) is 6.26. The van der Waals surface area contributed by atoms with Gasteiger partial charge in [-0.05, 0) is 36.6 Å². The third-order valence-electron chi connectivity index (χ3n) is 3.94. The second-order valence-electron chi connectivity index (χ2n) is 6.17. The van der Waals surface area contributed by atoms with Crippen LogP contribution in [0.3, 0.4) is 0 Å². The average molecular weight is 451 g/mol. The number of nitrogens with zero attached hydrogens (tertiary/aromatic N) is 2. The van der Waals surface area contributed by atoms with Crippen molar-refractivity contribution < 1.29 is 18.0 Å². The molecule has 3 aromatic rings. The third-order valence-corrected chi connectivity index (χ3v) is 7.63. The first-order chi connectivity index (χ1) is 13.7. The highest BCUT2D eigenvalue weighted by Crippen LogP contribution is 2.29. The summed E-state index contributed by atoms with van der Waals surface area (Å²) < 4.78 is 25.5.